The lowest BCUT2D eigenvalue weighted by atomic mass is 9.92. The van der Waals surface area contributed by atoms with Crippen LogP contribution in [0.25, 0.3) is 0 Å². The molecular weight excluding hydrogens is 216 g/mol. The Kier molecular flexibility index (Phi) is 3.33. The summed E-state index contributed by atoms with van der Waals surface area (Å²) in [4.78, 5) is 13.3. The van der Waals surface area contributed by atoms with E-state index in [9.17, 15) is 9.90 Å². The van der Waals surface area contributed by atoms with Crippen molar-refractivity contribution in [2.45, 2.75) is 25.5 Å². The number of β-amino-alcohol motifs (C(OH)–C–C–N with tert-alkyl or cyclic N) is 1. The molecule has 1 fully saturated rings. The first kappa shape index (κ1) is 11.9. The largest absolute Gasteiger partial charge is 0.386 e. The van der Waals surface area contributed by atoms with Crippen LogP contribution >= 0.6 is 0 Å². The number of benzene rings is 1. The molecule has 1 aromatic rings. The van der Waals surface area contributed by atoms with Gasteiger partial charge in [0.25, 0.3) is 0 Å². The lowest BCUT2D eigenvalue weighted by Gasteiger charge is -2.45. The first-order chi connectivity index (χ1) is 8.13. The molecule has 0 spiro atoms. The van der Waals surface area contributed by atoms with E-state index in [0.29, 0.717) is 26.1 Å². The second kappa shape index (κ2) is 4.75. The average molecular weight is 234 g/mol. The minimum Gasteiger partial charge on any atom is -0.386 e. The van der Waals surface area contributed by atoms with Crippen molar-refractivity contribution in [3.63, 3.8) is 0 Å². The van der Waals surface area contributed by atoms with Crippen molar-refractivity contribution in [1.82, 2.24) is 10.2 Å². The summed E-state index contributed by atoms with van der Waals surface area (Å²) in [5, 5.41) is 12.6. The predicted molar refractivity (Wildman–Crippen MR) is 65.5 cm³/mol. The predicted octanol–water partition coefficient (Wildman–Crippen LogP) is 1.35. The molecule has 0 saturated carbocycles. The summed E-state index contributed by atoms with van der Waals surface area (Å²) < 4.78 is 0. The first-order valence-corrected chi connectivity index (χ1v) is 5.92. The monoisotopic (exact) mass is 234 g/mol. The molecule has 1 saturated heterocycles. The molecule has 92 valence electrons. The molecule has 2 rings (SSSR count). The van der Waals surface area contributed by atoms with E-state index >= 15 is 0 Å². The normalized spacial score (nSPS) is 17.4. The van der Waals surface area contributed by atoms with Gasteiger partial charge in [0.2, 0.25) is 0 Å². The van der Waals surface area contributed by atoms with E-state index < -0.39 is 5.60 Å². The molecule has 2 amide bonds. The summed E-state index contributed by atoms with van der Waals surface area (Å²) in [5.41, 5.74) is 0.413. The lowest BCUT2D eigenvalue weighted by molar-refractivity contribution is -0.0778. The quantitative estimate of drug-likeness (QED) is 0.829. The smallest absolute Gasteiger partial charge is 0.317 e. The van der Waals surface area contributed by atoms with Crippen LogP contribution < -0.4 is 5.32 Å². The van der Waals surface area contributed by atoms with Gasteiger partial charge in [0.05, 0.1) is 18.7 Å². The number of hydrogen-bond donors (Lipinski definition) is 2. The van der Waals surface area contributed by atoms with Crippen molar-refractivity contribution in [3.8, 4) is 0 Å². The van der Waals surface area contributed by atoms with Crippen LogP contribution in [0.5, 0.6) is 0 Å². The Labute approximate surface area is 101 Å². The van der Waals surface area contributed by atoms with Crippen LogP contribution in [0.1, 0.15) is 18.9 Å². The molecule has 1 aliphatic rings. The third-order valence-corrected chi connectivity index (χ3v) is 3.20. The third-order valence-electron chi connectivity index (χ3n) is 3.20. The summed E-state index contributed by atoms with van der Waals surface area (Å²) in [6.45, 7) is 3.33. The number of amides is 2. The third kappa shape index (κ3) is 2.77. The van der Waals surface area contributed by atoms with Gasteiger partial charge in [0.1, 0.15) is 0 Å². The maximum Gasteiger partial charge on any atom is 0.317 e. The van der Waals surface area contributed by atoms with Crippen molar-refractivity contribution in [1.29, 1.82) is 0 Å². The summed E-state index contributed by atoms with van der Waals surface area (Å²) in [7, 11) is 0. The zero-order valence-corrected chi connectivity index (χ0v) is 10.0. The molecule has 0 atom stereocenters. The van der Waals surface area contributed by atoms with Crippen LogP contribution in [-0.2, 0) is 6.54 Å². The number of likely N-dealkylation sites (tertiary alicyclic amines) is 1. The molecule has 1 heterocycles. The van der Waals surface area contributed by atoms with Gasteiger partial charge in [-0.25, -0.2) is 4.79 Å². The van der Waals surface area contributed by atoms with Crippen molar-refractivity contribution in [2.75, 3.05) is 13.1 Å². The molecule has 17 heavy (non-hydrogen) atoms. The van der Waals surface area contributed by atoms with Gasteiger partial charge in [-0.3, -0.25) is 0 Å². The fourth-order valence-electron chi connectivity index (χ4n) is 1.92. The number of nitrogens with zero attached hydrogens (tertiary/aromatic N) is 1. The van der Waals surface area contributed by atoms with Gasteiger partial charge in [-0.2, -0.15) is 0 Å². The molecule has 0 aliphatic carbocycles. The van der Waals surface area contributed by atoms with Gasteiger partial charge >= 0.3 is 6.03 Å². The van der Waals surface area contributed by atoms with Crippen LogP contribution in [0.4, 0.5) is 4.79 Å². The van der Waals surface area contributed by atoms with E-state index in [4.69, 9.17) is 0 Å². The summed E-state index contributed by atoms with van der Waals surface area (Å²) >= 11 is 0. The highest BCUT2D eigenvalue weighted by Gasteiger charge is 2.41. The molecule has 0 aromatic heterocycles. The zero-order valence-electron chi connectivity index (χ0n) is 10.0. The Hall–Kier alpha value is -1.55. The van der Waals surface area contributed by atoms with Crippen molar-refractivity contribution in [2.24, 2.45) is 0 Å². The van der Waals surface area contributed by atoms with E-state index in [-0.39, 0.29) is 6.03 Å². The standard InChI is InChI=1S/C13H18N2O2/c1-2-13(17)9-15(10-13)12(16)14-8-11-6-4-3-5-7-11/h3-7,17H,2,8-10H2,1H3,(H,14,16). The highest BCUT2D eigenvalue weighted by atomic mass is 16.3. The summed E-state index contributed by atoms with van der Waals surface area (Å²) in [6.07, 6.45) is 0.690. The molecule has 0 unspecified atom stereocenters. The molecule has 0 bridgehead atoms. The summed E-state index contributed by atoms with van der Waals surface area (Å²) in [5.74, 6) is 0. The van der Waals surface area contributed by atoms with Crippen molar-refractivity contribution >= 4 is 6.03 Å². The molecule has 0 radical (unpaired) electrons. The van der Waals surface area contributed by atoms with Crippen LogP contribution in [0.15, 0.2) is 30.3 Å². The minimum absolute atomic E-state index is 0.105. The number of urea groups is 1. The van der Waals surface area contributed by atoms with Gasteiger partial charge in [0.15, 0.2) is 0 Å². The number of aliphatic hydroxyl groups is 1. The van der Waals surface area contributed by atoms with Crippen LogP contribution in [0, 0.1) is 0 Å². The zero-order chi connectivity index (χ0) is 12.3. The van der Waals surface area contributed by atoms with Gasteiger partial charge in [0, 0.05) is 6.54 Å². The minimum atomic E-state index is -0.663. The van der Waals surface area contributed by atoms with Crippen LogP contribution in [0.3, 0.4) is 0 Å². The Morgan fingerprint density at radius 2 is 2.06 bits per heavy atom. The Morgan fingerprint density at radius 1 is 1.41 bits per heavy atom. The van der Waals surface area contributed by atoms with Gasteiger partial charge in [-0.05, 0) is 12.0 Å². The van der Waals surface area contributed by atoms with E-state index in [1.165, 1.54) is 0 Å². The second-order valence-corrected chi connectivity index (χ2v) is 4.58. The van der Waals surface area contributed by atoms with Crippen LogP contribution in [-0.4, -0.2) is 34.7 Å². The average Bonchev–Trinajstić information content (AvgIpc) is 2.33. The number of carbonyl (C=O) groups excluding carboxylic acids is 1. The molecule has 1 aliphatic heterocycles. The van der Waals surface area contributed by atoms with Gasteiger partial charge < -0.3 is 15.3 Å². The number of nitrogens with one attached hydrogen (secondary N) is 1. The molecule has 1 aromatic carbocycles. The Morgan fingerprint density at radius 3 is 2.65 bits per heavy atom. The van der Waals surface area contributed by atoms with Crippen molar-refractivity contribution in [3.05, 3.63) is 35.9 Å². The molecular formula is C13H18N2O2. The van der Waals surface area contributed by atoms with Crippen molar-refractivity contribution < 1.29 is 9.90 Å². The maximum absolute atomic E-state index is 11.7. The topological polar surface area (TPSA) is 52.6 Å². The molecule has 4 heteroatoms. The van der Waals surface area contributed by atoms with E-state index in [1.807, 2.05) is 37.3 Å². The van der Waals surface area contributed by atoms with E-state index in [1.54, 1.807) is 4.90 Å². The number of carbonyl (C=O) groups is 1. The maximum atomic E-state index is 11.7. The highest BCUT2D eigenvalue weighted by Crippen LogP contribution is 2.23. The van der Waals surface area contributed by atoms with Gasteiger partial charge in [-0.1, -0.05) is 37.3 Å². The first-order valence-electron chi connectivity index (χ1n) is 5.92. The van der Waals surface area contributed by atoms with Crippen LogP contribution in [0.2, 0.25) is 0 Å². The fourth-order valence-corrected chi connectivity index (χ4v) is 1.92. The Bertz CT molecular complexity index is 386. The Balaban J connectivity index is 1.76. The SMILES string of the molecule is CCC1(O)CN(C(=O)NCc2ccccc2)C1. The fraction of sp³-hybridized carbons (Fsp3) is 0.462. The molecule has 2 N–H and O–H groups in total. The second-order valence-electron chi connectivity index (χ2n) is 4.58. The number of hydrogen-bond acceptors (Lipinski definition) is 2. The highest BCUT2D eigenvalue weighted by molar-refractivity contribution is 5.75. The summed E-state index contributed by atoms with van der Waals surface area (Å²) in [6, 6.07) is 9.67. The molecule has 4 nitrogen and oxygen atoms in total. The number of rotatable bonds is 3. The lowest BCUT2D eigenvalue weighted by Crippen LogP contribution is -2.64. The van der Waals surface area contributed by atoms with E-state index in [0.717, 1.165) is 5.56 Å². The van der Waals surface area contributed by atoms with Gasteiger partial charge in [-0.15, -0.1) is 0 Å². The van der Waals surface area contributed by atoms with E-state index in [2.05, 4.69) is 5.32 Å².